The number of nitrogens with two attached hydrogens (primary N) is 1. The molecule has 0 atom stereocenters. The van der Waals surface area contributed by atoms with Crippen LogP contribution in [0.25, 0.3) is 0 Å². The van der Waals surface area contributed by atoms with Gasteiger partial charge >= 0.3 is 0 Å². The number of nitrogens with zero attached hydrogens (tertiary/aromatic N) is 1. The van der Waals surface area contributed by atoms with Crippen molar-refractivity contribution in [2.75, 3.05) is 10.6 Å². The summed E-state index contributed by atoms with van der Waals surface area (Å²) in [4.78, 5) is 1.76. The Morgan fingerprint density at radius 3 is 1.71 bits per heavy atom. The molecule has 3 rings (SSSR count). The second-order valence-electron chi connectivity index (χ2n) is 5.63. The van der Waals surface area contributed by atoms with E-state index < -0.39 is 11.6 Å². The summed E-state index contributed by atoms with van der Waals surface area (Å²) < 4.78 is 28.2. The predicted molar refractivity (Wildman–Crippen MR) is 93.5 cm³/mol. The van der Waals surface area contributed by atoms with E-state index in [2.05, 4.69) is 0 Å². The molecule has 24 heavy (non-hydrogen) atoms. The van der Waals surface area contributed by atoms with Crippen molar-refractivity contribution in [1.82, 2.24) is 0 Å². The highest BCUT2D eigenvalue weighted by Crippen LogP contribution is 2.31. The van der Waals surface area contributed by atoms with Gasteiger partial charge in [0.1, 0.15) is 0 Å². The van der Waals surface area contributed by atoms with Gasteiger partial charge < -0.3 is 10.6 Å². The lowest BCUT2D eigenvalue weighted by Gasteiger charge is -2.27. The Kier molecular flexibility index (Phi) is 4.75. The zero-order valence-electron chi connectivity index (χ0n) is 13.1. The average Bonchev–Trinajstić information content (AvgIpc) is 2.60. The van der Waals surface area contributed by atoms with Gasteiger partial charge in [0.2, 0.25) is 0 Å². The molecule has 0 saturated heterocycles. The van der Waals surface area contributed by atoms with Gasteiger partial charge in [-0.25, -0.2) is 8.78 Å². The van der Waals surface area contributed by atoms with Gasteiger partial charge in [-0.3, -0.25) is 0 Å². The van der Waals surface area contributed by atoms with Gasteiger partial charge in [0.05, 0.1) is 11.4 Å². The van der Waals surface area contributed by atoms with Gasteiger partial charge in [0, 0.05) is 13.1 Å². The monoisotopic (exact) mass is 324 g/mol. The first-order valence-electron chi connectivity index (χ1n) is 7.71. The van der Waals surface area contributed by atoms with E-state index in [1.807, 2.05) is 60.7 Å². The molecule has 0 aliphatic heterocycles. The van der Waals surface area contributed by atoms with E-state index in [0.717, 1.165) is 17.2 Å². The van der Waals surface area contributed by atoms with E-state index in [4.69, 9.17) is 5.73 Å². The molecule has 0 fully saturated rings. The van der Waals surface area contributed by atoms with Crippen molar-refractivity contribution in [2.24, 2.45) is 0 Å². The highest BCUT2D eigenvalue weighted by Gasteiger charge is 2.19. The highest BCUT2D eigenvalue weighted by molar-refractivity contribution is 5.68. The number of halogens is 2. The molecule has 0 radical (unpaired) electrons. The third-order valence-corrected chi connectivity index (χ3v) is 3.85. The quantitative estimate of drug-likeness (QED) is 0.686. The van der Waals surface area contributed by atoms with Gasteiger partial charge in [0.25, 0.3) is 0 Å². The van der Waals surface area contributed by atoms with Crippen LogP contribution < -0.4 is 10.6 Å². The lowest BCUT2D eigenvalue weighted by molar-refractivity contribution is 0.506. The minimum atomic E-state index is -0.915. The van der Waals surface area contributed by atoms with Crippen LogP contribution in [0.15, 0.2) is 72.8 Å². The molecule has 0 aliphatic rings. The van der Waals surface area contributed by atoms with Gasteiger partial charge in [-0.1, -0.05) is 60.7 Å². The molecule has 3 aromatic carbocycles. The number of hydrogen-bond acceptors (Lipinski definition) is 2. The summed E-state index contributed by atoms with van der Waals surface area (Å²) in [5.74, 6) is -1.81. The summed E-state index contributed by atoms with van der Waals surface area (Å²) in [7, 11) is 0. The minimum Gasteiger partial charge on any atom is -0.397 e. The number of hydrogen-bond donors (Lipinski definition) is 1. The van der Waals surface area contributed by atoms with Crippen LogP contribution in [0, 0.1) is 11.6 Å². The summed E-state index contributed by atoms with van der Waals surface area (Å²) >= 11 is 0. The Hall–Kier alpha value is -2.88. The second kappa shape index (κ2) is 7.13. The SMILES string of the molecule is Nc1ccc(F)c(F)c1N(Cc1ccccc1)Cc1ccccc1. The summed E-state index contributed by atoms with van der Waals surface area (Å²) in [5.41, 5.74) is 8.27. The van der Waals surface area contributed by atoms with Crippen molar-refractivity contribution in [3.8, 4) is 0 Å². The van der Waals surface area contributed by atoms with Crippen LogP contribution in [0.2, 0.25) is 0 Å². The molecular formula is C20H18F2N2. The zero-order valence-corrected chi connectivity index (χ0v) is 13.1. The van der Waals surface area contributed by atoms with Crippen molar-refractivity contribution in [2.45, 2.75) is 13.1 Å². The summed E-state index contributed by atoms with van der Waals surface area (Å²) in [5, 5.41) is 0. The summed E-state index contributed by atoms with van der Waals surface area (Å²) in [6.45, 7) is 0.862. The van der Waals surface area contributed by atoms with Crippen LogP contribution in [-0.4, -0.2) is 0 Å². The summed E-state index contributed by atoms with van der Waals surface area (Å²) in [6.07, 6.45) is 0. The Bertz CT molecular complexity index is 763. The molecule has 0 amide bonds. The fourth-order valence-electron chi connectivity index (χ4n) is 2.70. The lowest BCUT2D eigenvalue weighted by Crippen LogP contribution is -2.24. The van der Waals surface area contributed by atoms with Crippen LogP contribution in [0.5, 0.6) is 0 Å². The zero-order chi connectivity index (χ0) is 16.9. The maximum Gasteiger partial charge on any atom is 0.184 e. The molecule has 2 N–H and O–H groups in total. The second-order valence-corrected chi connectivity index (χ2v) is 5.63. The molecule has 4 heteroatoms. The highest BCUT2D eigenvalue weighted by atomic mass is 19.2. The van der Waals surface area contributed by atoms with Gasteiger partial charge in [0.15, 0.2) is 11.6 Å². The molecule has 0 aromatic heterocycles. The van der Waals surface area contributed by atoms with E-state index in [0.29, 0.717) is 13.1 Å². The van der Waals surface area contributed by atoms with Crippen LogP contribution in [0.4, 0.5) is 20.2 Å². The van der Waals surface area contributed by atoms with E-state index >= 15 is 0 Å². The Morgan fingerprint density at radius 1 is 0.708 bits per heavy atom. The fourth-order valence-corrected chi connectivity index (χ4v) is 2.70. The standard InChI is InChI=1S/C20H18F2N2/c21-17-11-12-18(23)20(19(17)22)24(13-15-7-3-1-4-8-15)14-16-9-5-2-6-10-16/h1-12H,13-14,23H2. The molecule has 0 spiro atoms. The van der Waals surface area contributed by atoms with E-state index in [9.17, 15) is 8.78 Å². The van der Waals surface area contributed by atoms with Crippen LogP contribution in [0.3, 0.4) is 0 Å². The lowest BCUT2D eigenvalue weighted by atomic mass is 10.1. The van der Waals surface area contributed by atoms with E-state index in [1.54, 1.807) is 4.90 Å². The molecule has 122 valence electrons. The van der Waals surface area contributed by atoms with Crippen molar-refractivity contribution in [3.05, 3.63) is 95.6 Å². The minimum absolute atomic E-state index is 0.0997. The van der Waals surface area contributed by atoms with Crippen LogP contribution >= 0.6 is 0 Å². The molecule has 0 aliphatic carbocycles. The van der Waals surface area contributed by atoms with Crippen LogP contribution in [0.1, 0.15) is 11.1 Å². The molecule has 0 bridgehead atoms. The Morgan fingerprint density at radius 2 is 1.21 bits per heavy atom. The Balaban J connectivity index is 2.00. The third kappa shape index (κ3) is 3.54. The summed E-state index contributed by atoms with van der Waals surface area (Å²) in [6, 6.07) is 21.8. The van der Waals surface area contributed by atoms with E-state index in [1.165, 1.54) is 6.07 Å². The normalized spacial score (nSPS) is 10.6. The van der Waals surface area contributed by atoms with Crippen molar-refractivity contribution in [1.29, 1.82) is 0 Å². The molecule has 2 nitrogen and oxygen atoms in total. The van der Waals surface area contributed by atoms with Gasteiger partial charge in [-0.2, -0.15) is 0 Å². The first kappa shape index (κ1) is 16.0. The molecule has 0 heterocycles. The largest absolute Gasteiger partial charge is 0.397 e. The third-order valence-electron chi connectivity index (χ3n) is 3.85. The maximum absolute atomic E-state index is 14.4. The number of anilines is 2. The first-order valence-corrected chi connectivity index (χ1v) is 7.71. The van der Waals surface area contributed by atoms with Gasteiger partial charge in [-0.05, 0) is 23.3 Å². The van der Waals surface area contributed by atoms with Gasteiger partial charge in [-0.15, -0.1) is 0 Å². The number of rotatable bonds is 5. The van der Waals surface area contributed by atoms with E-state index in [-0.39, 0.29) is 11.4 Å². The average molecular weight is 324 g/mol. The first-order chi connectivity index (χ1) is 11.6. The maximum atomic E-state index is 14.4. The molecule has 0 unspecified atom stereocenters. The smallest absolute Gasteiger partial charge is 0.184 e. The Labute approximate surface area is 140 Å². The van der Waals surface area contributed by atoms with Crippen LogP contribution in [-0.2, 0) is 13.1 Å². The van der Waals surface area contributed by atoms with Crippen molar-refractivity contribution >= 4 is 11.4 Å². The molecular weight excluding hydrogens is 306 g/mol. The topological polar surface area (TPSA) is 29.3 Å². The molecule has 0 saturated carbocycles. The molecule has 3 aromatic rings. The van der Waals surface area contributed by atoms with Crippen molar-refractivity contribution in [3.63, 3.8) is 0 Å². The predicted octanol–water partition coefficient (Wildman–Crippen LogP) is 4.75. The fraction of sp³-hybridized carbons (Fsp3) is 0.100. The number of nitrogen functional groups attached to an aromatic ring is 1. The van der Waals surface area contributed by atoms with Crippen molar-refractivity contribution < 1.29 is 8.78 Å². The number of benzene rings is 3.